The van der Waals surface area contributed by atoms with Gasteiger partial charge in [0.15, 0.2) is 5.82 Å². The maximum atomic E-state index is 8.80. The fourth-order valence-corrected chi connectivity index (χ4v) is 1.11. The van der Waals surface area contributed by atoms with E-state index in [2.05, 4.69) is 21.3 Å². The zero-order valence-electron chi connectivity index (χ0n) is 6.73. The van der Waals surface area contributed by atoms with E-state index in [0.717, 1.165) is 5.56 Å². The summed E-state index contributed by atoms with van der Waals surface area (Å²) in [4.78, 5) is 3.98. The number of nitrogens with zero attached hydrogens (tertiary/aromatic N) is 3. The molecule has 62 valence electrons. The Kier molecular flexibility index (Phi) is 1.77. The molecule has 1 N–H and O–H groups in total. The molecule has 2 rings (SSSR count). The van der Waals surface area contributed by atoms with Crippen LogP contribution >= 0.6 is 0 Å². The minimum Gasteiger partial charge on any atom is -0.265 e. The first-order valence-electron chi connectivity index (χ1n) is 3.77. The third kappa shape index (κ3) is 1.27. The van der Waals surface area contributed by atoms with Crippen molar-refractivity contribution >= 4 is 0 Å². The lowest BCUT2D eigenvalue weighted by Gasteiger charge is -1.96. The van der Waals surface area contributed by atoms with Crippen molar-refractivity contribution in [2.75, 3.05) is 0 Å². The predicted molar refractivity (Wildman–Crippen MR) is 46.5 cm³/mol. The van der Waals surface area contributed by atoms with Gasteiger partial charge in [0, 0.05) is 5.56 Å². The maximum Gasteiger partial charge on any atom is 0.182 e. The fourth-order valence-electron chi connectivity index (χ4n) is 1.11. The van der Waals surface area contributed by atoms with Gasteiger partial charge in [0.25, 0.3) is 0 Å². The van der Waals surface area contributed by atoms with E-state index in [4.69, 9.17) is 5.26 Å². The summed E-state index contributed by atoms with van der Waals surface area (Å²) in [6.45, 7) is 0. The van der Waals surface area contributed by atoms with Crippen LogP contribution in [0.3, 0.4) is 0 Å². The van der Waals surface area contributed by atoms with Gasteiger partial charge in [-0.25, -0.2) is 4.98 Å². The molecule has 4 heteroatoms. The highest BCUT2D eigenvalue weighted by atomic mass is 15.2. The van der Waals surface area contributed by atoms with E-state index in [9.17, 15) is 0 Å². The minimum absolute atomic E-state index is 0.553. The van der Waals surface area contributed by atoms with Crippen LogP contribution in [0.1, 0.15) is 5.56 Å². The number of rotatable bonds is 1. The molecule has 0 aliphatic rings. The van der Waals surface area contributed by atoms with Crippen molar-refractivity contribution in [2.24, 2.45) is 0 Å². The number of aromatic amines is 1. The van der Waals surface area contributed by atoms with E-state index in [0.29, 0.717) is 11.4 Å². The Morgan fingerprint density at radius 3 is 2.85 bits per heavy atom. The Labute approximate surface area is 74.9 Å². The van der Waals surface area contributed by atoms with Crippen LogP contribution < -0.4 is 0 Å². The lowest BCUT2D eigenvalue weighted by atomic mass is 10.1. The molecule has 0 saturated carbocycles. The number of aromatic nitrogens is 3. The normalized spacial score (nSPS) is 9.46. The lowest BCUT2D eigenvalue weighted by molar-refractivity contribution is 1.09. The van der Waals surface area contributed by atoms with Gasteiger partial charge in [-0.15, -0.1) is 0 Å². The molecule has 0 radical (unpaired) electrons. The van der Waals surface area contributed by atoms with Gasteiger partial charge in [0.2, 0.25) is 0 Å². The van der Waals surface area contributed by atoms with Crippen molar-refractivity contribution in [1.82, 2.24) is 15.2 Å². The molecule has 0 amide bonds. The molecule has 0 unspecified atom stereocenters. The molecule has 1 aromatic heterocycles. The zero-order chi connectivity index (χ0) is 9.10. The van der Waals surface area contributed by atoms with Gasteiger partial charge in [-0.3, -0.25) is 5.10 Å². The van der Waals surface area contributed by atoms with Gasteiger partial charge < -0.3 is 0 Å². The molecule has 1 heterocycles. The molecule has 0 saturated heterocycles. The summed E-state index contributed by atoms with van der Waals surface area (Å²) >= 11 is 0. The molecule has 0 atom stereocenters. The van der Waals surface area contributed by atoms with Crippen LogP contribution in [0.25, 0.3) is 11.4 Å². The van der Waals surface area contributed by atoms with Crippen LogP contribution in [-0.4, -0.2) is 15.2 Å². The van der Waals surface area contributed by atoms with Crippen molar-refractivity contribution in [3.8, 4) is 17.5 Å². The second kappa shape index (κ2) is 3.07. The second-order valence-electron chi connectivity index (χ2n) is 2.48. The van der Waals surface area contributed by atoms with E-state index in [1.807, 2.05) is 18.2 Å². The number of hydrogen-bond donors (Lipinski definition) is 1. The monoisotopic (exact) mass is 170 g/mol. The highest BCUT2D eigenvalue weighted by molar-refractivity contribution is 5.63. The zero-order valence-corrected chi connectivity index (χ0v) is 6.73. The summed E-state index contributed by atoms with van der Waals surface area (Å²) < 4.78 is 0. The topological polar surface area (TPSA) is 65.4 Å². The third-order valence-corrected chi connectivity index (χ3v) is 1.70. The Hall–Kier alpha value is -2.15. The SMILES string of the molecule is N#Cc1ccccc1-c1nc[nH]n1. The van der Waals surface area contributed by atoms with E-state index in [1.165, 1.54) is 6.33 Å². The molecular weight excluding hydrogens is 164 g/mol. The lowest BCUT2D eigenvalue weighted by Crippen LogP contribution is -1.85. The fraction of sp³-hybridized carbons (Fsp3) is 0. The average Bonchev–Trinajstić information content (AvgIpc) is 2.70. The van der Waals surface area contributed by atoms with Crippen LogP contribution in [0.4, 0.5) is 0 Å². The standard InChI is InChI=1S/C9H6N4/c10-5-7-3-1-2-4-8(7)9-11-6-12-13-9/h1-4,6H,(H,11,12,13). The van der Waals surface area contributed by atoms with Gasteiger partial charge in [0.05, 0.1) is 11.6 Å². The molecule has 2 aromatic rings. The first-order chi connectivity index (χ1) is 6.42. The number of H-pyrrole nitrogens is 1. The maximum absolute atomic E-state index is 8.80. The number of hydrogen-bond acceptors (Lipinski definition) is 3. The Balaban J connectivity index is 2.59. The molecule has 1 aromatic carbocycles. The number of nitriles is 1. The molecule has 0 spiro atoms. The predicted octanol–water partition coefficient (Wildman–Crippen LogP) is 1.34. The quantitative estimate of drug-likeness (QED) is 0.702. The van der Waals surface area contributed by atoms with Gasteiger partial charge >= 0.3 is 0 Å². The molecule has 0 aliphatic carbocycles. The minimum atomic E-state index is 0.553. The average molecular weight is 170 g/mol. The van der Waals surface area contributed by atoms with Crippen LogP contribution in [-0.2, 0) is 0 Å². The second-order valence-corrected chi connectivity index (χ2v) is 2.48. The van der Waals surface area contributed by atoms with Gasteiger partial charge in [-0.2, -0.15) is 10.4 Å². The molecule has 0 aliphatic heterocycles. The van der Waals surface area contributed by atoms with Crippen molar-refractivity contribution in [1.29, 1.82) is 5.26 Å². The van der Waals surface area contributed by atoms with Gasteiger partial charge in [-0.05, 0) is 12.1 Å². The van der Waals surface area contributed by atoms with Crippen molar-refractivity contribution in [3.63, 3.8) is 0 Å². The highest BCUT2D eigenvalue weighted by Crippen LogP contribution is 2.17. The summed E-state index contributed by atoms with van der Waals surface area (Å²) in [5.41, 5.74) is 1.34. The van der Waals surface area contributed by atoms with Crippen molar-refractivity contribution in [2.45, 2.75) is 0 Å². The smallest absolute Gasteiger partial charge is 0.182 e. The highest BCUT2D eigenvalue weighted by Gasteiger charge is 2.05. The van der Waals surface area contributed by atoms with Crippen LogP contribution in [0.15, 0.2) is 30.6 Å². The van der Waals surface area contributed by atoms with E-state index in [1.54, 1.807) is 6.07 Å². The molecule has 0 fully saturated rings. The Morgan fingerprint density at radius 1 is 1.31 bits per heavy atom. The number of nitrogens with one attached hydrogen (secondary N) is 1. The molecular formula is C9H6N4. The van der Waals surface area contributed by atoms with Crippen LogP contribution in [0, 0.1) is 11.3 Å². The van der Waals surface area contributed by atoms with Crippen molar-refractivity contribution < 1.29 is 0 Å². The van der Waals surface area contributed by atoms with Gasteiger partial charge in [-0.1, -0.05) is 12.1 Å². The van der Waals surface area contributed by atoms with Crippen LogP contribution in [0.2, 0.25) is 0 Å². The summed E-state index contributed by atoms with van der Waals surface area (Å²) in [6.07, 6.45) is 1.49. The summed E-state index contributed by atoms with van der Waals surface area (Å²) in [6, 6.07) is 9.32. The molecule has 13 heavy (non-hydrogen) atoms. The third-order valence-electron chi connectivity index (χ3n) is 1.70. The first kappa shape index (κ1) is 7.50. The first-order valence-corrected chi connectivity index (χ1v) is 3.77. The summed E-state index contributed by atoms with van der Waals surface area (Å²) in [7, 11) is 0. The van der Waals surface area contributed by atoms with Gasteiger partial charge in [0.1, 0.15) is 6.33 Å². The van der Waals surface area contributed by atoms with E-state index in [-0.39, 0.29) is 0 Å². The van der Waals surface area contributed by atoms with Crippen molar-refractivity contribution in [3.05, 3.63) is 36.2 Å². The van der Waals surface area contributed by atoms with E-state index < -0.39 is 0 Å². The summed E-state index contributed by atoms with van der Waals surface area (Å²) in [5.74, 6) is 0.553. The Morgan fingerprint density at radius 2 is 2.15 bits per heavy atom. The largest absolute Gasteiger partial charge is 0.265 e. The van der Waals surface area contributed by atoms with E-state index >= 15 is 0 Å². The van der Waals surface area contributed by atoms with Crippen LogP contribution in [0.5, 0.6) is 0 Å². The summed E-state index contributed by atoms with van der Waals surface area (Å²) in [5, 5.41) is 15.3. The molecule has 4 nitrogen and oxygen atoms in total. The number of benzene rings is 1. The molecule has 0 bridgehead atoms. The Bertz CT molecular complexity index is 439.